The fourth-order valence-electron chi connectivity index (χ4n) is 3.24. The quantitative estimate of drug-likeness (QED) is 0.341. The third kappa shape index (κ3) is 5.27. The zero-order valence-electron chi connectivity index (χ0n) is 17.5. The molecule has 8 nitrogen and oxygen atoms in total. The molecule has 0 unspecified atom stereocenters. The van der Waals surface area contributed by atoms with Gasteiger partial charge in [-0.3, -0.25) is 9.36 Å². The number of hydrogen-bond acceptors (Lipinski definition) is 6. The van der Waals surface area contributed by atoms with Crippen LogP contribution in [0.2, 0.25) is 5.02 Å². The van der Waals surface area contributed by atoms with Gasteiger partial charge in [-0.25, -0.2) is 4.79 Å². The van der Waals surface area contributed by atoms with E-state index in [0.29, 0.717) is 28.3 Å². The number of carbonyl (C=O) groups excluding carboxylic acids is 1. The van der Waals surface area contributed by atoms with Crippen LogP contribution in [-0.2, 0) is 11.3 Å². The third-order valence-electron chi connectivity index (χ3n) is 4.82. The second kappa shape index (κ2) is 9.93. The van der Waals surface area contributed by atoms with Gasteiger partial charge in [0, 0.05) is 5.02 Å². The molecule has 0 radical (unpaired) electrons. The van der Waals surface area contributed by atoms with Gasteiger partial charge in [0.2, 0.25) is 5.91 Å². The number of halogens is 1. The summed E-state index contributed by atoms with van der Waals surface area (Å²) in [6.07, 6.45) is 1.59. The summed E-state index contributed by atoms with van der Waals surface area (Å²) < 4.78 is 7.35. The number of furan rings is 1. The van der Waals surface area contributed by atoms with Crippen molar-refractivity contribution < 1.29 is 19.1 Å². The molecule has 1 amide bonds. The molecule has 0 spiro atoms. The largest absolute Gasteiger partial charge is 0.478 e. The zero-order chi connectivity index (χ0) is 23.4. The maximum atomic E-state index is 12.6. The lowest BCUT2D eigenvalue weighted by atomic mass is 10.2. The van der Waals surface area contributed by atoms with Crippen LogP contribution < -0.4 is 5.32 Å². The van der Waals surface area contributed by atoms with Gasteiger partial charge in [-0.05, 0) is 36.8 Å². The van der Waals surface area contributed by atoms with Crippen LogP contribution >= 0.6 is 23.4 Å². The summed E-state index contributed by atoms with van der Waals surface area (Å²) in [5, 5.41) is 21.5. The number of anilines is 1. The van der Waals surface area contributed by atoms with Crippen molar-refractivity contribution in [2.75, 3.05) is 11.1 Å². The second-order valence-corrected chi connectivity index (χ2v) is 8.48. The van der Waals surface area contributed by atoms with E-state index in [1.165, 1.54) is 30.0 Å². The first-order valence-electron chi connectivity index (χ1n) is 9.89. The Morgan fingerprint density at radius 1 is 1.15 bits per heavy atom. The van der Waals surface area contributed by atoms with Crippen LogP contribution in [0.15, 0.2) is 70.4 Å². The maximum Gasteiger partial charge on any atom is 0.337 e. The first-order valence-corrected chi connectivity index (χ1v) is 11.3. The first kappa shape index (κ1) is 22.6. The number of nitrogens with one attached hydrogen (secondary N) is 1. The monoisotopic (exact) mass is 482 g/mol. The molecule has 0 bridgehead atoms. The highest BCUT2D eigenvalue weighted by molar-refractivity contribution is 7.99. The van der Waals surface area contributed by atoms with E-state index in [-0.39, 0.29) is 22.9 Å². The van der Waals surface area contributed by atoms with Crippen LogP contribution in [0.4, 0.5) is 5.69 Å². The Kier molecular flexibility index (Phi) is 6.81. The predicted octanol–water partition coefficient (Wildman–Crippen LogP) is 4.98. The smallest absolute Gasteiger partial charge is 0.337 e. The molecule has 2 aromatic heterocycles. The molecular formula is C23H19ClN4O4S. The topological polar surface area (TPSA) is 110 Å². The molecule has 10 heteroatoms. The summed E-state index contributed by atoms with van der Waals surface area (Å²) in [5.74, 6) is -0.190. The van der Waals surface area contributed by atoms with E-state index in [0.717, 1.165) is 11.1 Å². The van der Waals surface area contributed by atoms with Crippen LogP contribution in [-0.4, -0.2) is 37.5 Å². The van der Waals surface area contributed by atoms with Crippen LogP contribution in [0, 0.1) is 6.92 Å². The molecule has 4 aromatic rings. The summed E-state index contributed by atoms with van der Waals surface area (Å²) in [4.78, 5) is 24.0. The molecule has 0 aliphatic carbocycles. The summed E-state index contributed by atoms with van der Waals surface area (Å²) in [6, 6.07) is 15.9. The predicted molar refractivity (Wildman–Crippen MR) is 126 cm³/mol. The van der Waals surface area contributed by atoms with Gasteiger partial charge in [0.25, 0.3) is 0 Å². The van der Waals surface area contributed by atoms with Gasteiger partial charge in [-0.1, -0.05) is 53.7 Å². The minimum atomic E-state index is -1.16. The molecular weight excluding hydrogens is 464 g/mol. The maximum absolute atomic E-state index is 12.6. The molecule has 4 rings (SSSR count). The van der Waals surface area contributed by atoms with Crippen molar-refractivity contribution in [3.8, 4) is 11.4 Å². The Hall–Kier alpha value is -3.56. The normalized spacial score (nSPS) is 10.8. The Labute approximate surface area is 198 Å². The second-order valence-electron chi connectivity index (χ2n) is 7.10. The molecule has 2 heterocycles. The van der Waals surface area contributed by atoms with Gasteiger partial charge in [0.1, 0.15) is 5.76 Å². The van der Waals surface area contributed by atoms with Gasteiger partial charge >= 0.3 is 5.97 Å². The number of aryl methyl sites for hydroxylation is 1. The average Bonchev–Trinajstić information content (AvgIpc) is 3.38. The van der Waals surface area contributed by atoms with E-state index in [9.17, 15) is 14.7 Å². The molecule has 0 aliphatic rings. The van der Waals surface area contributed by atoms with Crippen molar-refractivity contribution in [3.05, 3.63) is 82.8 Å². The van der Waals surface area contributed by atoms with E-state index >= 15 is 0 Å². The van der Waals surface area contributed by atoms with E-state index < -0.39 is 5.97 Å². The molecule has 2 N–H and O–H groups in total. The number of hydrogen-bond donors (Lipinski definition) is 2. The molecule has 33 heavy (non-hydrogen) atoms. The van der Waals surface area contributed by atoms with Gasteiger partial charge in [-0.2, -0.15) is 0 Å². The first-order chi connectivity index (χ1) is 15.9. The number of carboxylic acid groups (broad SMARTS) is 1. The lowest BCUT2D eigenvalue weighted by Crippen LogP contribution is -2.17. The van der Waals surface area contributed by atoms with Gasteiger partial charge in [0.15, 0.2) is 11.0 Å². The molecule has 0 atom stereocenters. The van der Waals surface area contributed by atoms with Crippen LogP contribution in [0.5, 0.6) is 0 Å². The number of carbonyl (C=O) groups is 2. The Balaban J connectivity index is 1.55. The van der Waals surface area contributed by atoms with Crippen molar-refractivity contribution in [1.82, 2.24) is 14.8 Å². The summed E-state index contributed by atoms with van der Waals surface area (Å²) in [5.41, 5.74) is 1.97. The number of aromatic nitrogens is 3. The average molecular weight is 483 g/mol. The number of rotatable bonds is 8. The van der Waals surface area contributed by atoms with Crippen molar-refractivity contribution >= 4 is 40.9 Å². The van der Waals surface area contributed by atoms with Gasteiger partial charge in [-0.15, -0.1) is 10.2 Å². The van der Waals surface area contributed by atoms with E-state index in [1.807, 2.05) is 47.9 Å². The van der Waals surface area contributed by atoms with Crippen LogP contribution in [0.1, 0.15) is 21.7 Å². The number of nitrogens with zero attached hydrogens (tertiary/aromatic N) is 3. The highest BCUT2D eigenvalue weighted by Gasteiger charge is 2.19. The third-order valence-corrected chi connectivity index (χ3v) is 6.02. The molecule has 2 aromatic carbocycles. The molecule has 0 saturated heterocycles. The highest BCUT2D eigenvalue weighted by atomic mass is 35.5. The fraction of sp³-hybridized carbons (Fsp3) is 0.130. The lowest BCUT2D eigenvalue weighted by Gasteiger charge is -2.11. The Morgan fingerprint density at radius 2 is 1.94 bits per heavy atom. The number of amides is 1. The van der Waals surface area contributed by atoms with Crippen molar-refractivity contribution in [3.63, 3.8) is 0 Å². The highest BCUT2D eigenvalue weighted by Crippen LogP contribution is 2.28. The van der Waals surface area contributed by atoms with Crippen molar-refractivity contribution in [2.45, 2.75) is 18.6 Å². The number of benzene rings is 2. The zero-order valence-corrected chi connectivity index (χ0v) is 19.1. The molecule has 168 valence electrons. The van der Waals surface area contributed by atoms with Gasteiger partial charge < -0.3 is 14.8 Å². The van der Waals surface area contributed by atoms with Crippen molar-refractivity contribution in [2.24, 2.45) is 0 Å². The number of aromatic carboxylic acids is 1. The summed E-state index contributed by atoms with van der Waals surface area (Å²) in [7, 11) is 0. The van der Waals surface area contributed by atoms with Gasteiger partial charge in [0.05, 0.1) is 35.4 Å². The minimum Gasteiger partial charge on any atom is -0.478 e. The Bertz CT molecular complexity index is 1300. The van der Waals surface area contributed by atoms with E-state index in [4.69, 9.17) is 16.0 Å². The Morgan fingerprint density at radius 3 is 2.64 bits per heavy atom. The van der Waals surface area contributed by atoms with Crippen LogP contribution in [0.25, 0.3) is 11.4 Å². The summed E-state index contributed by atoms with van der Waals surface area (Å²) >= 11 is 7.16. The van der Waals surface area contributed by atoms with E-state index in [1.54, 1.807) is 6.26 Å². The number of thioether (sulfide) groups is 1. The van der Waals surface area contributed by atoms with Crippen LogP contribution in [0.3, 0.4) is 0 Å². The minimum absolute atomic E-state index is 0.00284. The van der Waals surface area contributed by atoms with Crippen molar-refractivity contribution in [1.29, 1.82) is 0 Å². The molecule has 0 fully saturated rings. The van der Waals surface area contributed by atoms with E-state index in [2.05, 4.69) is 15.5 Å². The lowest BCUT2D eigenvalue weighted by molar-refractivity contribution is -0.113. The SMILES string of the molecule is Cc1occc1-c1nnc(SCC(=O)Nc2cc(Cl)ccc2C(=O)O)n1Cc1ccccc1. The molecule has 0 saturated carbocycles. The fourth-order valence-corrected chi connectivity index (χ4v) is 4.15. The molecule has 0 aliphatic heterocycles. The number of carboxylic acids is 1. The standard InChI is InChI=1S/C23H19ClN4O4S/c1-14-17(9-10-32-14)21-26-27-23(28(21)12-15-5-3-2-4-6-15)33-13-20(29)25-19-11-16(24)7-8-18(19)22(30)31/h2-11H,12-13H2,1H3,(H,25,29)(H,30,31). The summed E-state index contributed by atoms with van der Waals surface area (Å²) in [6.45, 7) is 2.36.